The minimum absolute atomic E-state index is 0.0408. The van der Waals surface area contributed by atoms with Gasteiger partial charge in [-0.05, 0) is 68.0 Å². The SMILES string of the molecule is C[C@H](c1nc2ccccc2s1)N(C)C(=O)c1ccc2c(c1)CCCC2. The molecule has 25 heavy (non-hydrogen) atoms. The Kier molecular flexibility index (Phi) is 4.30. The largest absolute Gasteiger partial charge is 0.333 e. The summed E-state index contributed by atoms with van der Waals surface area (Å²) in [5.41, 5.74) is 4.54. The monoisotopic (exact) mass is 350 g/mol. The van der Waals surface area contributed by atoms with E-state index in [1.807, 2.05) is 43.1 Å². The van der Waals surface area contributed by atoms with Crippen LogP contribution in [0.3, 0.4) is 0 Å². The molecule has 3 nitrogen and oxygen atoms in total. The maximum atomic E-state index is 13.0. The van der Waals surface area contributed by atoms with Crippen LogP contribution in [0.2, 0.25) is 0 Å². The molecule has 0 radical (unpaired) electrons. The molecule has 1 atom stereocenters. The smallest absolute Gasteiger partial charge is 0.254 e. The van der Waals surface area contributed by atoms with Crippen LogP contribution in [0.15, 0.2) is 42.5 Å². The average molecular weight is 350 g/mol. The number of aryl methyl sites for hydroxylation is 2. The summed E-state index contributed by atoms with van der Waals surface area (Å²) in [4.78, 5) is 19.5. The van der Waals surface area contributed by atoms with E-state index >= 15 is 0 Å². The zero-order valence-corrected chi connectivity index (χ0v) is 15.5. The summed E-state index contributed by atoms with van der Waals surface area (Å²) in [6, 6.07) is 14.3. The summed E-state index contributed by atoms with van der Waals surface area (Å²) in [5.74, 6) is 0.0696. The summed E-state index contributed by atoms with van der Waals surface area (Å²) < 4.78 is 1.17. The molecule has 1 amide bonds. The van der Waals surface area contributed by atoms with Gasteiger partial charge in [-0.3, -0.25) is 4.79 Å². The summed E-state index contributed by atoms with van der Waals surface area (Å²) in [7, 11) is 1.87. The predicted molar refractivity (Wildman–Crippen MR) is 103 cm³/mol. The van der Waals surface area contributed by atoms with Crippen LogP contribution in [0, 0.1) is 0 Å². The fraction of sp³-hybridized carbons (Fsp3) is 0.333. The highest BCUT2D eigenvalue weighted by atomic mass is 32.1. The number of benzene rings is 2. The molecule has 2 aromatic carbocycles. The lowest BCUT2D eigenvalue weighted by atomic mass is 9.90. The maximum absolute atomic E-state index is 13.0. The summed E-state index contributed by atoms with van der Waals surface area (Å²) >= 11 is 1.66. The number of aromatic nitrogens is 1. The number of para-hydroxylation sites is 1. The Balaban J connectivity index is 1.58. The van der Waals surface area contributed by atoms with Crippen molar-refractivity contribution in [2.45, 2.75) is 38.6 Å². The van der Waals surface area contributed by atoms with Gasteiger partial charge in [-0.1, -0.05) is 18.2 Å². The number of amides is 1. The van der Waals surface area contributed by atoms with Gasteiger partial charge >= 0.3 is 0 Å². The third-order valence-corrected chi connectivity index (χ3v) is 6.37. The number of thiazole rings is 1. The van der Waals surface area contributed by atoms with Gasteiger partial charge < -0.3 is 4.90 Å². The molecule has 1 aliphatic carbocycles. The van der Waals surface area contributed by atoms with Crippen LogP contribution in [-0.2, 0) is 12.8 Å². The molecule has 4 rings (SSSR count). The fourth-order valence-corrected chi connectivity index (χ4v) is 4.54. The van der Waals surface area contributed by atoms with Crippen LogP contribution in [-0.4, -0.2) is 22.8 Å². The molecule has 1 aliphatic rings. The van der Waals surface area contributed by atoms with Crippen LogP contribution >= 0.6 is 11.3 Å². The molecule has 4 heteroatoms. The van der Waals surface area contributed by atoms with Crippen molar-refractivity contribution in [3.05, 3.63) is 64.2 Å². The Bertz CT molecular complexity index is 898. The number of hydrogen-bond acceptors (Lipinski definition) is 3. The van der Waals surface area contributed by atoms with Gasteiger partial charge in [0.1, 0.15) is 5.01 Å². The van der Waals surface area contributed by atoms with E-state index in [9.17, 15) is 4.79 Å². The fourth-order valence-electron chi connectivity index (χ4n) is 3.48. The van der Waals surface area contributed by atoms with Crippen molar-refractivity contribution in [1.82, 2.24) is 9.88 Å². The second-order valence-corrected chi connectivity index (χ2v) is 7.86. The van der Waals surface area contributed by atoms with Gasteiger partial charge in [0.25, 0.3) is 5.91 Å². The Morgan fingerprint density at radius 2 is 1.88 bits per heavy atom. The highest BCUT2D eigenvalue weighted by Gasteiger charge is 2.22. The van der Waals surface area contributed by atoms with E-state index in [1.165, 1.54) is 28.7 Å². The maximum Gasteiger partial charge on any atom is 0.254 e. The first-order valence-electron chi connectivity index (χ1n) is 8.88. The van der Waals surface area contributed by atoms with E-state index in [4.69, 9.17) is 4.98 Å². The molecule has 0 fully saturated rings. The van der Waals surface area contributed by atoms with Gasteiger partial charge in [-0.15, -0.1) is 11.3 Å². The molecule has 0 N–H and O–H groups in total. The molecule has 1 heterocycles. The van der Waals surface area contributed by atoms with E-state index in [1.54, 1.807) is 11.3 Å². The van der Waals surface area contributed by atoms with E-state index in [2.05, 4.69) is 18.2 Å². The van der Waals surface area contributed by atoms with Crippen LogP contribution in [0.1, 0.15) is 52.3 Å². The lowest BCUT2D eigenvalue weighted by molar-refractivity contribution is 0.0742. The summed E-state index contributed by atoms with van der Waals surface area (Å²) in [6.45, 7) is 2.05. The number of fused-ring (bicyclic) bond motifs is 2. The van der Waals surface area contributed by atoms with Crippen molar-refractivity contribution in [3.8, 4) is 0 Å². The quantitative estimate of drug-likeness (QED) is 0.665. The predicted octanol–water partition coefficient (Wildman–Crippen LogP) is 5.01. The molecule has 0 saturated heterocycles. The van der Waals surface area contributed by atoms with Gasteiger partial charge in [0.15, 0.2) is 0 Å². The molecule has 1 aromatic heterocycles. The number of rotatable bonds is 3. The van der Waals surface area contributed by atoms with Crippen molar-refractivity contribution in [3.63, 3.8) is 0 Å². The van der Waals surface area contributed by atoms with E-state index in [0.717, 1.165) is 28.9 Å². The Labute approximate surface area is 152 Å². The standard InChI is InChI=1S/C21H22N2OS/c1-14(20-22-18-9-5-6-10-19(18)25-20)23(2)21(24)17-12-11-15-7-3-4-8-16(15)13-17/h5-6,9-14H,3-4,7-8H2,1-2H3/t14-/m1/s1. The highest BCUT2D eigenvalue weighted by Crippen LogP contribution is 2.30. The van der Waals surface area contributed by atoms with Crippen molar-refractivity contribution in [1.29, 1.82) is 0 Å². The number of nitrogens with zero attached hydrogens (tertiary/aromatic N) is 2. The number of carbonyl (C=O) groups excluding carboxylic acids is 1. The van der Waals surface area contributed by atoms with Crippen molar-refractivity contribution in [2.75, 3.05) is 7.05 Å². The molecule has 0 unspecified atom stereocenters. The van der Waals surface area contributed by atoms with Crippen molar-refractivity contribution in [2.24, 2.45) is 0 Å². The minimum atomic E-state index is -0.0408. The lowest BCUT2D eigenvalue weighted by Gasteiger charge is -2.24. The Hall–Kier alpha value is -2.20. The van der Waals surface area contributed by atoms with Crippen LogP contribution in [0.4, 0.5) is 0 Å². The Morgan fingerprint density at radius 1 is 1.12 bits per heavy atom. The third kappa shape index (κ3) is 3.07. The molecule has 128 valence electrons. The van der Waals surface area contributed by atoms with Crippen LogP contribution in [0.5, 0.6) is 0 Å². The van der Waals surface area contributed by atoms with Gasteiger partial charge in [-0.2, -0.15) is 0 Å². The van der Waals surface area contributed by atoms with Gasteiger partial charge in [-0.25, -0.2) is 4.98 Å². The van der Waals surface area contributed by atoms with E-state index in [0.29, 0.717) is 0 Å². The van der Waals surface area contributed by atoms with Gasteiger partial charge in [0, 0.05) is 12.6 Å². The first-order chi connectivity index (χ1) is 12.1. The minimum Gasteiger partial charge on any atom is -0.333 e. The van der Waals surface area contributed by atoms with Gasteiger partial charge in [0.05, 0.1) is 16.3 Å². The zero-order valence-electron chi connectivity index (χ0n) is 14.7. The molecule has 0 bridgehead atoms. The van der Waals surface area contributed by atoms with Crippen molar-refractivity contribution < 1.29 is 4.79 Å². The number of carbonyl (C=O) groups is 1. The molecule has 3 aromatic rings. The zero-order chi connectivity index (χ0) is 17.4. The lowest BCUT2D eigenvalue weighted by Crippen LogP contribution is -2.29. The molecular weight excluding hydrogens is 328 g/mol. The third-order valence-electron chi connectivity index (χ3n) is 5.16. The van der Waals surface area contributed by atoms with E-state index in [-0.39, 0.29) is 11.9 Å². The molecule has 0 aliphatic heterocycles. The summed E-state index contributed by atoms with van der Waals surface area (Å²) in [5, 5.41) is 0.981. The van der Waals surface area contributed by atoms with Crippen molar-refractivity contribution >= 4 is 27.5 Å². The average Bonchev–Trinajstić information content (AvgIpc) is 3.10. The van der Waals surface area contributed by atoms with Gasteiger partial charge in [0.2, 0.25) is 0 Å². The first-order valence-corrected chi connectivity index (χ1v) is 9.69. The summed E-state index contributed by atoms with van der Waals surface area (Å²) in [6.07, 6.45) is 4.72. The normalized spacial score (nSPS) is 15.0. The van der Waals surface area contributed by atoms with Crippen LogP contribution < -0.4 is 0 Å². The van der Waals surface area contributed by atoms with Crippen LogP contribution in [0.25, 0.3) is 10.2 Å². The first kappa shape index (κ1) is 16.3. The topological polar surface area (TPSA) is 33.2 Å². The second kappa shape index (κ2) is 6.60. The number of hydrogen-bond donors (Lipinski definition) is 0. The van der Waals surface area contributed by atoms with E-state index < -0.39 is 0 Å². The molecular formula is C21H22N2OS. The molecule has 0 spiro atoms. The highest BCUT2D eigenvalue weighted by molar-refractivity contribution is 7.18. The second-order valence-electron chi connectivity index (χ2n) is 6.80. The molecule has 0 saturated carbocycles. The Morgan fingerprint density at radius 3 is 2.68 bits per heavy atom.